The number of hydrogen-bond acceptors (Lipinski definition) is 5. The number of ether oxygens (including phenoxy) is 1. The molecule has 0 radical (unpaired) electrons. The van der Waals surface area contributed by atoms with Crippen LogP contribution in [0.1, 0.15) is 6.92 Å². The number of hydrogen-bond donors (Lipinski definition) is 2. The van der Waals surface area contributed by atoms with E-state index in [0.717, 1.165) is 48.2 Å². The van der Waals surface area contributed by atoms with Gasteiger partial charge in [0, 0.05) is 4.90 Å². The number of benzene rings is 2. The van der Waals surface area contributed by atoms with Gasteiger partial charge in [-0.25, -0.2) is 0 Å². The Hall–Kier alpha value is -2.69. The van der Waals surface area contributed by atoms with E-state index in [4.69, 9.17) is 10.00 Å². The average Bonchev–Trinajstić information content (AvgIpc) is 2.74. The topological polar surface area (TPSA) is 69.8 Å². The summed E-state index contributed by atoms with van der Waals surface area (Å²) in [4.78, 5) is 17.1. The van der Waals surface area contributed by atoms with E-state index in [1.165, 1.54) is 16.7 Å². The van der Waals surface area contributed by atoms with Gasteiger partial charge in [0.15, 0.2) is 6.54 Å². The fourth-order valence-electron chi connectivity index (χ4n) is 3.46. The molecule has 152 valence electrons. The Kier molecular flexibility index (Phi) is 7.79. The molecule has 0 bridgehead atoms. The predicted octanol–water partition coefficient (Wildman–Crippen LogP) is 2.04. The molecule has 6 nitrogen and oxygen atoms in total. The first-order valence-corrected chi connectivity index (χ1v) is 10.9. The molecule has 2 N–H and O–H groups in total. The second kappa shape index (κ2) is 10.7. The van der Waals surface area contributed by atoms with Crippen LogP contribution in [0, 0.1) is 11.3 Å². The highest BCUT2D eigenvalue weighted by Gasteiger charge is 2.24. The van der Waals surface area contributed by atoms with E-state index < -0.39 is 0 Å². The number of para-hydroxylation sites is 3. The largest absolute Gasteiger partial charge is 0.492 e. The van der Waals surface area contributed by atoms with Gasteiger partial charge in [-0.3, -0.25) is 4.79 Å². The predicted molar refractivity (Wildman–Crippen MR) is 117 cm³/mol. The van der Waals surface area contributed by atoms with Crippen molar-refractivity contribution in [3.8, 4) is 11.8 Å². The SMILES string of the molecule is CCOc1ccccc1N1CC[NH+](CC(=O)Nc2ccccc2SCC#N)CC1. The Morgan fingerprint density at radius 2 is 1.93 bits per heavy atom. The lowest BCUT2D eigenvalue weighted by atomic mass is 10.2. The van der Waals surface area contributed by atoms with Crippen molar-refractivity contribution < 1.29 is 14.4 Å². The fourth-order valence-corrected chi connectivity index (χ4v) is 4.13. The number of quaternary nitrogens is 1. The van der Waals surface area contributed by atoms with Crippen LogP contribution in [0.15, 0.2) is 53.4 Å². The third kappa shape index (κ3) is 5.89. The monoisotopic (exact) mass is 411 g/mol. The zero-order valence-electron chi connectivity index (χ0n) is 16.7. The van der Waals surface area contributed by atoms with E-state index in [-0.39, 0.29) is 5.91 Å². The van der Waals surface area contributed by atoms with E-state index in [2.05, 4.69) is 22.4 Å². The van der Waals surface area contributed by atoms with Gasteiger partial charge in [0.05, 0.1) is 56.0 Å². The highest BCUT2D eigenvalue weighted by molar-refractivity contribution is 7.99. The number of amides is 1. The number of piperazine rings is 1. The molecule has 0 unspecified atom stereocenters. The van der Waals surface area contributed by atoms with Crippen LogP contribution in [0.3, 0.4) is 0 Å². The Bertz CT molecular complexity index is 860. The molecule has 1 fully saturated rings. The molecule has 0 spiro atoms. The van der Waals surface area contributed by atoms with Crippen molar-refractivity contribution in [1.82, 2.24) is 0 Å². The highest BCUT2D eigenvalue weighted by Crippen LogP contribution is 2.28. The van der Waals surface area contributed by atoms with E-state index in [1.807, 2.05) is 49.4 Å². The van der Waals surface area contributed by atoms with Gasteiger partial charge in [0.1, 0.15) is 5.75 Å². The Labute approximate surface area is 176 Å². The molecule has 0 saturated carbocycles. The molecule has 1 aliphatic heterocycles. The fraction of sp³-hybridized carbons (Fsp3) is 0.364. The number of carbonyl (C=O) groups is 1. The maximum Gasteiger partial charge on any atom is 0.279 e. The summed E-state index contributed by atoms with van der Waals surface area (Å²) in [6, 6.07) is 17.9. The summed E-state index contributed by atoms with van der Waals surface area (Å²) in [6.45, 7) is 6.67. The van der Waals surface area contributed by atoms with Gasteiger partial charge >= 0.3 is 0 Å². The number of carbonyl (C=O) groups excluding carboxylic acids is 1. The summed E-state index contributed by atoms with van der Waals surface area (Å²) in [6.07, 6.45) is 0. The molecule has 3 rings (SSSR count). The summed E-state index contributed by atoms with van der Waals surface area (Å²) in [7, 11) is 0. The summed E-state index contributed by atoms with van der Waals surface area (Å²) >= 11 is 1.44. The smallest absolute Gasteiger partial charge is 0.279 e. The van der Waals surface area contributed by atoms with Crippen molar-refractivity contribution in [1.29, 1.82) is 5.26 Å². The number of thioether (sulfide) groups is 1. The van der Waals surface area contributed by atoms with Crippen molar-refractivity contribution in [2.45, 2.75) is 11.8 Å². The summed E-state index contributed by atoms with van der Waals surface area (Å²) in [5.41, 5.74) is 1.91. The zero-order valence-corrected chi connectivity index (χ0v) is 17.5. The van der Waals surface area contributed by atoms with Crippen molar-refractivity contribution in [2.75, 3.05) is 55.3 Å². The van der Waals surface area contributed by atoms with Crippen LogP contribution < -0.4 is 19.9 Å². The minimum absolute atomic E-state index is 0.00757. The minimum Gasteiger partial charge on any atom is -0.492 e. The maximum absolute atomic E-state index is 12.6. The van der Waals surface area contributed by atoms with E-state index in [1.54, 1.807) is 0 Å². The number of nitrogens with zero attached hydrogens (tertiary/aromatic N) is 2. The summed E-state index contributed by atoms with van der Waals surface area (Å²) in [5, 5.41) is 11.8. The lowest BCUT2D eigenvalue weighted by Gasteiger charge is -2.34. The number of rotatable bonds is 8. The Balaban J connectivity index is 1.53. The molecular formula is C22H27N4O2S+. The molecule has 1 aliphatic rings. The lowest BCUT2D eigenvalue weighted by molar-refractivity contribution is -0.892. The van der Waals surface area contributed by atoms with Gasteiger partial charge in [-0.1, -0.05) is 24.3 Å². The van der Waals surface area contributed by atoms with Crippen molar-refractivity contribution in [3.05, 3.63) is 48.5 Å². The third-order valence-electron chi connectivity index (χ3n) is 4.84. The van der Waals surface area contributed by atoms with Crippen LogP contribution in [0.25, 0.3) is 0 Å². The van der Waals surface area contributed by atoms with E-state index in [0.29, 0.717) is 18.9 Å². The van der Waals surface area contributed by atoms with Crippen LogP contribution >= 0.6 is 11.8 Å². The van der Waals surface area contributed by atoms with Gasteiger partial charge in [0.25, 0.3) is 5.91 Å². The quantitative estimate of drug-likeness (QED) is 0.651. The first-order chi connectivity index (χ1) is 14.2. The molecule has 2 aromatic carbocycles. The molecule has 2 aromatic rings. The zero-order chi connectivity index (χ0) is 20.5. The van der Waals surface area contributed by atoms with Crippen LogP contribution in [0.4, 0.5) is 11.4 Å². The normalized spacial score (nSPS) is 14.3. The second-order valence-electron chi connectivity index (χ2n) is 6.81. The van der Waals surface area contributed by atoms with Gasteiger partial charge in [0.2, 0.25) is 0 Å². The Morgan fingerprint density at radius 1 is 1.21 bits per heavy atom. The maximum atomic E-state index is 12.6. The molecule has 29 heavy (non-hydrogen) atoms. The molecule has 1 saturated heterocycles. The summed E-state index contributed by atoms with van der Waals surface area (Å²) in [5.74, 6) is 1.29. The average molecular weight is 412 g/mol. The molecule has 1 amide bonds. The van der Waals surface area contributed by atoms with Gasteiger partial charge in [-0.05, 0) is 31.2 Å². The molecule has 1 heterocycles. The van der Waals surface area contributed by atoms with Crippen LogP contribution in [0.2, 0.25) is 0 Å². The van der Waals surface area contributed by atoms with Crippen molar-refractivity contribution >= 4 is 29.0 Å². The van der Waals surface area contributed by atoms with Gasteiger partial charge in [-0.2, -0.15) is 5.26 Å². The van der Waals surface area contributed by atoms with Gasteiger partial charge < -0.3 is 19.9 Å². The van der Waals surface area contributed by atoms with Crippen LogP contribution in [0.5, 0.6) is 5.75 Å². The minimum atomic E-state index is 0.00757. The third-order valence-corrected chi connectivity index (χ3v) is 5.78. The van der Waals surface area contributed by atoms with Crippen molar-refractivity contribution in [3.63, 3.8) is 0 Å². The van der Waals surface area contributed by atoms with E-state index >= 15 is 0 Å². The molecule has 0 aromatic heterocycles. The van der Waals surface area contributed by atoms with Gasteiger partial charge in [-0.15, -0.1) is 11.8 Å². The number of anilines is 2. The van der Waals surface area contributed by atoms with Crippen LogP contribution in [-0.4, -0.2) is 51.0 Å². The summed E-state index contributed by atoms with van der Waals surface area (Å²) < 4.78 is 5.75. The molecule has 0 atom stereocenters. The lowest BCUT2D eigenvalue weighted by Crippen LogP contribution is -3.15. The first-order valence-electron chi connectivity index (χ1n) is 9.90. The molecule has 7 heteroatoms. The molecule has 0 aliphatic carbocycles. The first kappa shape index (κ1) is 21.0. The standard InChI is InChI=1S/C22H26N4O2S/c1-2-28-20-9-5-4-8-19(20)26-14-12-25(13-15-26)17-22(27)24-18-7-3-6-10-21(18)29-16-11-23/h3-10H,2,12-17H2,1H3,(H,24,27)/p+1. The van der Waals surface area contributed by atoms with Crippen molar-refractivity contribution in [2.24, 2.45) is 0 Å². The highest BCUT2D eigenvalue weighted by atomic mass is 32.2. The van der Waals surface area contributed by atoms with Crippen LogP contribution in [-0.2, 0) is 4.79 Å². The number of nitriles is 1. The number of nitrogens with one attached hydrogen (secondary N) is 2. The second-order valence-corrected chi connectivity index (χ2v) is 7.82. The van der Waals surface area contributed by atoms with E-state index in [9.17, 15) is 4.79 Å². The Morgan fingerprint density at radius 3 is 2.69 bits per heavy atom. The molecular weight excluding hydrogens is 384 g/mol.